The number of carbonyl (C=O) groups is 2. The number of esters is 1. The number of rotatable bonds is 9. The second-order valence-corrected chi connectivity index (χ2v) is 13.9. The Hall–Kier alpha value is -3.35. The predicted molar refractivity (Wildman–Crippen MR) is 169 cm³/mol. The first-order valence-corrected chi connectivity index (χ1v) is 15.5. The minimum absolute atomic E-state index is 0.0697. The Kier molecular flexibility index (Phi) is 9.69. The summed E-state index contributed by atoms with van der Waals surface area (Å²) < 4.78 is 5.69. The molecular formula is C35H50N4O3. The molecule has 0 spiro atoms. The number of guanidine groups is 1. The summed E-state index contributed by atoms with van der Waals surface area (Å²) in [6, 6.07) is 14.1. The summed E-state index contributed by atoms with van der Waals surface area (Å²) in [5.74, 6) is 0.311. The monoisotopic (exact) mass is 574 g/mol. The quantitative estimate of drug-likeness (QED) is 0.215. The van der Waals surface area contributed by atoms with E-state index in [0.29, 0.717) is 37.0 Å². The Bertz CT molecular complexity index is 1290. The summed E-state index contributed by atoms with van der Waals surface area (Å²) in [6.45, 7) is 14.6. The van der Waals surface area contributed by atoms with Gasteiger partial charge in [-0.25, -0.2) is 0 Å². The molecule has 42 heavy (non-hydrogen) atoms. The summed E-state index contributed by atoms with van der Waals surface area (Å²) in [4.78, 5) is 32.7. The summed E-state index contributed by atoms with van der Waals surface area (Å²) in [5, 5.41) is 0. The number of nitrogens with two attached hydrogens (primary N) is 2. The topological polar surface area (TPSA) is 111 Å². The molecule has 228 valence electrons. The van der Waals surface area contributed by atoms with Crippen molar-refractivity contribution in [1.82, 2.24) is 4.90 Å². The van der Waals surface area contributed by atoms with Gasteiger partial charge in [-0.05, 0) is 90.4 Å². The molecule has 1 unspecified atom stereocenters. The lowest BCUT2D eigenvalue weighted by atomic mass is 9.62. The van der Waals surface area contributed by atoms with Crippen molar-refractivity contribution in [3.8, 4) is 0 Å². The van der Waals surface area contributed by atoms with Crippen molar-refractivity contribution in [2.24, 2.45) is 28.3 Å². The summed E-state index contributed by atoms with van der Waals surface area (Å²) in [7, 11) is 0. The number of amides is 1. The van der Waals surface area contributed by atoms with E-state index in [2.05, 4.69) is 51.7 Å². The number of fused-ring (bicyclic) bond motifs is 1. The van der Waals surface area contributed by atoms with Gasteiger partial charge in [0.1, 0.15) is 0 Å². The molecule has 1 amide bonds. The van der Waals surface area contributed by atoms with E-state index in [-0.39, 0.29) is 22.7 Å². The second-order valence-electron chi connectivity index (χ2n) is 13.9. The molecule has 0 heterocycles. The fraction of sp³-hybridized carbons (Fsp3) is 0.571. The number of ether oxygens (including phenoxy) is 1. The van der Waals surface area contributed by atoms with Gasteiger partial charge in [-0.2, -0.15) is 0 Å². The van der Waals surface area contributed by atoms with Crippen molar-refractivity contribution < 1.29 is 14.3 Å². The van der Waals surface area contributed by atoms with Crippen molar-refractivity contribution >= 4 is 17.8 Å². The highest BCUT2D eigenvalue weighted by molar-refractivity contribution is 5.85. The van der Waals surface area contributed by atoms with Crippen LogP contribution in [0.2, 0.25) is 0 Å². The SMILES string of the molecule is CC(=O)OC(C(=O)N(Cc1cc2c(cc1C)C(C)(C)CCC2(C)C)CC1CCC(CN=C(N)N)CC1)c1ccccc1. The fourth-order valence-electron chi connectivity index (χ4n) is 6.74. The van der Waals surface area contributed by atoms with Crippen LogP contribution in [0.25, 0.3) is 0 Å². The first kappa shape index (κ1) is 31.6. The van der Waals surface area contributed by atoms with Crippen LogP contribution in [0.3, 0.4) is 0 Å². The first-order valence-electron chi connectivity index (χ1n) is 15.5. The number of benzene rings is 2. The maximum Gasteiger partial charge on any atom is 0.303 e. The van der Waals surface area contributed by atoms with E-state index in [1.165, 1.54) is 23.6 Å². The molecule has 2 aromatic carbocycles. The van der Waals surface area contributed by atoms with Gasteiger partial charge in [0.05, 0.1) is 0 Å². The number of aliphatic imine (C=N–C) groups is 1. The van der Waals surface area contributed by atoms with Crippen molar-refractivity contribution in [3.05, 3.63) is 70.3 Å². The lowest BCUT2D eigenvalue weighted by Gasteiger charge is -2.42. The number of hydrogen-bond donors (Lipinski definition) is 2. The number of carbonyl (C=O) groups excluding carboxylic acids is 2. The number of nitrogens with zero attached hydrogens (tertiary/aromatic N) is 2. The molecule has 0 saturated heterocycles. The second kappa shape index (κ2) is 12.9. The van der Waals surface area contributed by atoms with E-state index in [1.807, 2.05) is 35.2 Å². The first-order chi connectivity index (χ1) is 19.8. The van der Waals surface area contributed by atoms with Crippen LogP contribution in [0.15, 0.2) is 47.5 Å². The normalized spacial score (nSPS) is 21.5. The van der Waals surface area contributed by atoms with Crippen molar-refractivity contribution in [2.75, 3.05) is 13.1 Å². The van der Waals surface area contributed by atoms with Gasteiger partial charge >= 0.3 is 5.97 Å². The van der Waals surface area contributed by atoms with E-state index < -0.39 is 12.1 Å². The molecule has 2 aliphatic rings. The molecule has 0 radical (unpaired) electrons. The van der Waals surface area contributed by atoms with E-state index in [1.54, 1.807) is 0 Å². The average molecular weight is 575 g/mol. The van der Waals surface area contributed by atoms with Gasteiger partial charge in [-0.3, -0.25) is 14.6 Å². The molecule has 1 atom stereocenters. The fourth-order valence-corrected chi connectivity index (χ4v) is 6.74. The van der Waals surface area contributed by atoms with Crippen LogP contribution in [0.5, 0.6) is 0 Å². The number of aryl methyl sites for hydroxylation is 1. The van der Waals surface area contributed by atoms with Crippen molar-refractivity contribution in [1.29, 1.82) is 0 Å². The Labute approximate surface area is 252 Å². The van der Waals surface area contributed by atoms with E-state index in [4.69, 9.17) is 16.2 Å². The zero-order valence-corrected chi connectivity index (χ0v) is 26.4. The molecule has 0 aromatic heterocycles. The molecule has 4 rings (SSSR count). The van der Waals surface area contributed by atoms with Gasteiger partial charge in [-0.15, -0.1) is 0 Å². The van der Waals surface area contributed by atoms with Crippen molar-refractivity contribution in [2.45, 2.75) is 104 Å². The molecule has 2 aliphatic carbocycles. The van der Waals surface area contributed by atoms with Gasteiger partial charge in [-0.1, -0.05) is 70.2 Å². The molecule has 0 aliphatic heterocycles. The maximum absolute atomic E-state index is 14.3. The Morgan fingerprint density at radius 2 is 1.52 bits per heavy atom. The highest BCUT2D eigenvalue weighted by Crippen LogP contribution is 2.46. The Balaban J connectivity index is 1.65. The van der Waals surface area contributed by atoms with Crippen LogP contribution in [0.1, 0.15) is 107 Å². The predicted octanol–water partition coefficient (Wildman–Crippen LogP) is 6.06. The van der Waals surface area contributed by atoms with Crippen LogP contribution >= 0.6 is 0 Å². The maximum atomic E-state index is 14.3. The zero-order valence-electron chi connectivity index (χ0n) is 26.4. The average Bonchev–Trinajstić information content (AvgIpc) is 2.94. The van der Waals surface area contributed by atoms with Crippen LogP contribution in [-0.2, 0) is 31.7 Å². The molecule has 4 N–H and O–H groups in total. The zero-order chi connectivity index (χ0) is 30.7. The van der Waals surface area contributed by atoms with E-state index in [0.717, 1.165) is 44.1 Å². The highest BCUT2D eigenvalue weighted by Gasteiger charge is 2.38. The van der Waals surface area contributed by atoms with Crippen LogP contribution in [0.4, 0.5) is 0 Å². The minimum atomic E-state index is -0.977. The minimum Gasteiger partial charge on any atom is -0.447 e. The lowest BCUT2D eigenvalue weighted by Crippen LogP contribution is -2.41. The highest BCUT2D eigenvalue weighted by atomic mass is 16.5. The van der Waals surface area contributed by atoms with Gasteiger partial charge in [0, 0.05) is 32.1 Å². The van der Waals surface area contributed by atoms with Gasteiger partial charge in [0.15, 0.2) is 5.96 Å². The molecule has 0 bridgehead atoms. The molecule has 1 fully saturated rings. The molecular weight excluding hydrogens is 524 g/mol. The Morgan fingerprint density at radius 1 is 0.952 bits per heavy atom. The third-order valence-corrected chi connectivity index (χ3v) is 9.57. The van der Waals surface area contributed by atoms with Crippen LogP contribution in [-0.4, -0.2) is 35.8 Å². The molecule has 7 nitrogen and oxygen atoms in total. The van der Waals surface area contributed by atoms with Gasteiger partial charge in [0.25, 0.3) is 5.91 Å². The Morgan fingerprint density at radius 3 is 2.10 bits per heavy atom. The smallest absolute Gasteiger partial charge is 0.303 e. The van der Waals surface area contributed by atoms with Gasteiger partial charge in [0.2, 0.25) is 6.10 Å². The van der Waals surface area contributed by atoms with Crippen LogP contribution in [0, 0.1) is 18.8 Å². The third-order valence-electron chi connectivity index (χ3n) is 9.57. The van der Waals surface area contributed by atoms with Gasteiger partial charge < -0.3 is 21.1 Å². The van der Waals surface area contributed by atoms with Crippen molar-refractivity contribution in [3.63, 3.8) is 0 Å². The van der Waals surface area contributed by atoms with E-state index >= 15 is 0 Å². The lowest BCUT2D eigenvalue weighted by molar-refractivity contribution is -0.160. The molecule has 2 aromatic rings. The number of hydrogen-bond acceptors (Lipinski definition) is 4. The van der Waals surface area contributed by atoms with E-state index in [9.17, 15) is 9.59 Å². The summed E-state index contributed by atoms with van der Waals surface area (Å²) in [5.41, 5.74) is 17.1. The summed E-state index contributed by atoms with van der Waals surface area (Å²) >= 11 is 0. The summed E-state index contributed by atoms with van der Waals surface area (Å²) in [6.07, 6.45) is 5.36. The molecule has 7 heteroatoms. The largest absolute Gasteiger partial charge is 0.447 e. The van der Waals surface area contributed by atoms with Crippen LogP contribution < -0.4 is 11.5 Å². The third kappa shape index (κ3) is 7.53. The molecule has 1 saturated carbocycles. The standard InChI is InChI=1S/C35H50N4O3/c1-23-18-29-30(35(5,6)17-16-34(29,3)4)19-28(23)22-39(21-26-14-12-25(13-15-26)20-38-33(36)37)32(41)31(42-24(2)40)27-10-8-7-9-11-27/h7-11,18-19,25-26,31H,12-17,20-22H2,1-6H3,(H4,36,37,38).